The third-order valence-electron chi connectivity index (χ3n) is 3.45. The third kappa shape index (κ3) is 3.68. The van der Waals surface area contributed by atoms with Crippen LogP contribution in [-0.4, -0.2) is 37.3 Å². The SMILES string of the molecule is CCNC(C)c1sc(N2CCCOC(C)C2)nc1C. The molecule has 0 radical (unpaired) electrons. The van der Waals surface area contributed by atoms with Gasteiger partial charge in [-0.15, -0.1) is 11.3 Å². The maximum absolute atomic E-state index is 5.70. The fraction of sp³-hybridized carbons (Fsp3) is 0.786. The summed E-state index contributed by atoms with van der Waals surface area (Å²) in [7, 11) is 0. The topological polar surface area (TPSA) is 37.4 Å². The van der Waals surface area contributed by atoms with Gasteiger partial charge in [0, 0.05) is 30.6 Å². The molecule has 0 aromatic carbocycles. The standard InChI is InChI=1S/C14H25N3OS/c1-5-15-11(3)13-12(4)16-14(19-13)17-7-6-8-18-10(2)9-17/h10-11,15H,5-9H2,1-4H3. The van der Waals surface area contributed by atoms with Crippen molar-refractivity contribution in [3.8, 4) is 0 Å². The Morgan fingerprint density at radius 3 is 3.11 bits per heavy atom. The third-order valence-corrected chi connectivity index (χ3v) is 4.85. The minimum absolute atomic E-state index is 0.293. The second-order valence-electron chi connectivity index (χ2n) is 5.21. The maximum atomic E-state index is 5.70. The van der Waals surface area contributed by atoms with E-state index in [1.54, 1.807) is 0 Å². The van der Waals surface area contributed by atoms with Gasteiger partial charge in [-0.2, -0.15) is 0 Å². The molecule has 1 aliphatic heterocycles. The molecular formula is C14H25N3OS. The Morgan fingerprint density at radius 2 is 2.37 bits per heavy atom. The quantitative estimate of drug-likeness (QED) is 0.922. The molecule has 1 aromatic rings. The number of anilines is 1. The molecule has 0 bridgehead atoms. The van der Waals surface area contributed by atoms with Crippen LogP contribution in [0.2, 0.25) is 0 Å². The molecule has 5 heteroatoms. The predicted octanol–water partition coefficient (Wildman–Crippen LogP) is 2.74. The largest absolute Gasteiger partial charge is 0.377 e. The van der Waals surface area contributed by atoms with Crippen LogP contribution in [0, 0.1) is 6.92 Å². The summed E-state index contributed by atoms with van der Waals surface area (Å²) in [6.07, 6.45) is 1.38. The molecule has 108 valence electrons. The van der Waals surface area contributed by atoms with Gasteiger partial charge in [0.25, 0.3) is 0 Å². The zero-order chi connectivity index (χ0) is 13.8. The Hall–Kier alpha value is -0.650. The van der Waals surface area contributed by atoms with Gasteiger partial charge >= 0.3 is 0 Å². The molecule has 1 N–H and O–H groups in total. The summed E-state index contributed by atoms with van der Waals surface area (Å²) in [4.78, 5) is 8.49. The molecule has 0 spiro atoms. The van der Waals surface area contributed by atoms with E-state index in [0.29, 0.717) is 12.1 Å². The smallest absolute Gasteiger partial charge is 0.185 e. The molecule has 0 amide bonds. The van der Waals surface area contributed by atoms with Crippen molar-refractivity contribution in [3.05, 3.63) is 10.6 Å². The average molecular weight is 283 g/mol. The number of aromatic nitrogens is 1. The number of thiazole rings is 1. The first-order chi connectivity index (χ1) is 9.11. The van der Waals surface area contributed by atoms with E-state index < -0.39 is 0 Å². The van der Waals surface area contributed by atoms with Crippen LogP contribution in [-0.2, 0) is 4.74 Å². The number of hydrogen-bond donors (Lipinski definition) is 1. The number of ether oxygens (including phenoxy) is 1. The fourth-order valence-electron chi connectivity index (χ4n) is 2.50. The monoisotopic (exact) mass is 283 g/mol. The number of rotatable bonds is 4. The Bertz CT molecular complexity index is 407. The van der Waals surface area contributed by atoms with Crippen molar-refractivity contribution in [2.24, 2.45) is 0 Å². The van der Waals surface area contributed by atoms with Crippen molar-refractivity contribution >= 4 is 16.5 Å². The molecule has 4 nitrogen and oxygen atoms in total. The van der Waals surface area contributed by atoms with Crippen LogP contribution >= 0.6 is 11.3 Å². The van der Waals surface area contributed by atoms with Gasteiger partial charge in [0.15, 0.2) is 5.13 Å². The van der Waals surface area contributed by atoms with E-state index in [0.717, 1.165) is 43.5 Å². The molecule has 1 aromatic heterocycles. The normalized spacial score (nSPS) is 22.3. The van der Waals surface area contributed by atoms with E-state index in [-0.39, 0.29) is 0 Å². The number of nitrogens with zero attached hydrogens (tertiary/aromatic N) is 2. The average Bonchev–Trinajstić information content (AvgIpc) is 2.62. The highest BCUT2D eigenvalue weighted by Crippen LogP contribution is 2.31. The van der Waals surface area contributed by atoms with Crippen molar-refractivity contribution in [1.29, 1.82) is 0 Å². The van der Waals surface area contributed by atoms with Crippen LogP contribution in [0.5, 0.6) is 0 Å². The molecule has 19 heavy (non-hydrogen) atoms. The fourth-order valence-corrected chi connectivity index (χ4v) is 3.63. The van der Waals surface area contributed by atoms with Gasteiger partial charge < -0.3 is 15.0 Å². The van der Waals surface area contributed by atoms with Crippen molar-refractivity contribution in [3.63, 3.8) is 0 Å². The van der Waals surface area contributed by atoms with E-state index in [9.17, 15) is 0 Å². The Labute approximate surface area is 120 Å². The van der Waals surface area contributed by atoms with Crippen LogP contribution in [0.15, 0.2) is 0 Å². The maximum Gasteiger partial charge on any atom is 0.185 e. The highest BCUT2D eigenvalue weighted by molar-refractivity contribution is 7.15. The number of nitrogens with one attached hydrogen (secondary N) is 1. The summed E-state index contributed by atoms with van der Waals surface area (Å²) < 4.78 is 5.70. The van der Waals surface area contributed by atoms with Crippen molar-refractivity contribution in [2.45, 2.75) is 46.3 Å². The minimum Gasteiger partial charge on any atom is -0.377 e. The van der Waals surface area contributed by atoms with Gasteiger partial charge in [-0.05, 0) is 33.7 Å². The van der Waals surface area contributed by atoms with Crippen molar-refractivity contribution < 1.29 is 4.74 Å². The van der Waals surface area contributed by atoms with Crippen molar-refractivity contribution in [1.82, 2.24) is 10.3 Å². The Balaban J connectivity index is 2.14. The van der Waals surface area contributed by atoms with Crippen LogP contribution in [0.3, 0.4) is 0 Å². The van der Waals surface area contributed by atoms with Gasteiger partial charge in [-0.1, -0.05) is 6.92 Å². The molecule has 1 saturated heterocycles. The Kier molecular flexibility index (Phi) is 5.19. The molecule has 2 unspecified atom stereocenters. The van der Waals surface area contributed by atoms with Crippen molar-refractivity contribution in [2.75, 3.05) is 31.1 Å². The second kappa shape index (κ2) is 6.68. The zero-order valence-electron chi connectivity index (χ0n) is 12.4. The molecule has 2 atom stereocenters. The molecule has 2 heterocycles. The van der Waals surface area contributed by atoms with Crippen LogP contribution in [0.25, 0.3) is 0 Å². The lowest BCUT2D eigenvalue weighted by Gasteiger charge is -2.21. The van der Waals surface area contributed by atoms with E-state index in [1.807, 2.05) is 11.3 Å². The lowest BCUT2D eigenvalue weighted by atomic mass is 10.2. The number of hydrogen-bond acceptors (Lipinski definition) is 5. The summed E-state index contributed by atoms with van der Waals surface area (Å²) in [5.41, 5.74) is 1.16. The summed E-state index contributed by atoms with van der Waals surface area (Å²) in [6, 6.07) is 0.386. The first-order valence-electron chi connectivity index (χ1n) is 7.19. The first kappa shape index (κ1) is 14.8. The van der Waals surface area contributed by atoms with Gasteiger partial charge in [-0.25, -0.2) is 4.98 Å². The highest BCUT2D eigenvalue weighted by atomic mass is 32.1. The first-order valence-corrected chi connectivity index (χ1v) is 8.00. The zero-order valence-corrected chi connectivity index (χ0v) is 13.2. The van der Waals surface area contributed by atoms with Crippen LogP contribution < -0.4 is 10.2 Å². The summed E-state index contributed by atoms with van der Waals surface area (Å²) >= 11 is 1.82. The minimum atomic E-state index is 0.293. The van der Waals surface area contributed by atoms with E-state index in [4.69, 9.17) is 9.72 Å². The predicted molar refractivity (Wildman–Crippen MR) is 81.2 cm³/mol. The molecule has 0 saturated carbocycles. The second-order valence-corrected chi connectivity index (χ2v) is 6.22. The molecule has 1 fully saturated rings. The van der Waals surface area contributed by atoms with Crippen LogP contribution in [0.1, 0.15) is 43.8 Å². The van der Waals surface area contributed by atoms with Crippen LogP contribution in [0.4, 0.5) is 5.13 Å². The number of aryl methyl sites for hydroxylation is 1. The summed E-state index contributed by atoms with van der Waals surface area (Å²) in [5, 5.41) is 4.61. The highest BCUT2D eigenvalue weighted by Gasteiger charge is 2.21. The lowest BCUT2D eigenvalue weighted by Crippen LogP contribution is -2.29. The molecular weight excluding hydrogens is 258 g/mol. The van der Waals surface area contributed by atoms with Gasteiger partial charge in [0.2, 0.25) is 0 Å². The van der Waals surface area contributed by atoms with E-state index in [2.05, 4.69) is 37.9 Å². The summed E-state index contributed by atoms with van der Waals surface area (Å²) in [6.45, 7) is 12.4. The molecule has 0 aliphatic carbocycles. The molecule has 2 rings (SSSR count). The Morgan fingerprint density at radius 1 is 1.58 bits per heavy atom. The van der Waals surface area contributed by atoms with E-state index >= 15 is 0 Å². The molecule has 1 aliphatic rings. The van der Waals surface area contributed by atoms with Gasteiger partial charge in [-0.3, -0.25) is 0 Å². The summed E-state index contributed by atoms with van der Waals surface area (Å²) in [5.74, 6) is 0. The van der Waals surface area contributed by atoms with Gasteiger partial charge in [0.05, 0.1) is 11.8 Å². The lowest BCUT2D eigenvalue weighted by molar-refractivity contribution is 0.0821. The van der Waals surface area contributed by atoms with E-state index in [1.165, 1.54) is 4.88 Å². The van der Waals surface area contributed by atoms with Gasteiger partial charge in [0.1, 0.15) is 0 Å².